The van der Waals surface area contributed by atoms with Gasteiger partial charge in [0.15, 0.2) is 0 Å². The highest BCUT2D eigenvalue weighted by atomic mass is 16.5. The normalized spacial score (nSPS) is 22.7. The van der Waals surface area contributed by atoms with Crippen LogP contribution in [0.5, 0.6) is 0 Å². The minimum Gasteiger partial charge on any atom is -0.361 e. The van der Waals surface area contributed by atoms with E-state index in [-0.39, 0.29) is 0 Å². The van der Waals surface area contributed by atoms with Crippen molar-refractivity contribution < 1.29 is 4.52 Å². The molecular weight excluding hydrogens is 300 g/mol. The summed E-state index contributed by atoms with van der Waals surface area (Å²) in [5, 5.41) is 4.10. The number of aromatic nitrogens is 3. The summed E-state index contributed by atoms with van der Waals surface area (Å²) < 4.78 is 7.75. The average Bonchev–Trinajstić information content (AvgIpc) is 3.13. The first kappa shape index (κ1) is 15.9. The van der Waals surface area contributed by atoms with Crippen molar-refractivity contribution in [2.45, 2.75) is 65.0 Å². The van der Waals surface area contributed by atoms with E-state index in [2.05, 4.69) is 20.8 Å². The van der Waals surface area contributed by atoms with Crippen LogP contribution in [0.3, 0.4) is 0 Å². The van der Waals surface area contributed by atoms with Gasteiger partial charge in [-0.2, -0.15) is 0 Å². The van der Waals surface area contributed by atoms with Gasteiger partial charge in [-0.3, -0.25) is 4.90 Å². The lowest BCUT2D eigenvalue weighted by Gasteiger charge is -2.33. The van der Waals surface area contributed by atoms with Crippen LogP contribution < -0.4 is 0 Å². The van der Waals surface area contributed by atoms with Crippen molar-refractivity contribution in [1.29, 1.82) is 0 Å². The largest absolute Gasteiger partial charge is 0.361 e. The lowest BCUT2D eigenvalue weighted by Crippen LogP contribution is -2.35. The third kappa shape index (κ3) is 3.14. The molecule has 24 heavy (non-hydrogen) atoms. The predicted octanol–water partition coefficient (Wildman–Crippen LogP) is 3.67. The summed E-state index contributed by atoms with van der Waals surface area (Å²) in [7, 11) is 0. The van der Waals surface area contributed by atoms with E-state index < -0.39 is 0 Å². The molecule has 2 fully saturated rings. The van der Waals surface area contributed by atoms with Crippen molar-refractivity contribution in [1.82, 2.24) is 19.6 Å². The smallest absolute Gasteiger partial charge is 0.138 e. The molecule has 1 aliphatic carbocycles. The zero-order valence-electron chi connectivity index (χ0n) is 14.9. The average molecular weight is 328 g/mol. The Morgan fingerprint density at radius 2 is 2.08 bits per heavy atom. The summed E-state index contributed by atoms with van der Waals surface area (Å²) in [5.74, 6) is 3.68. The van der Waals surface area contributed by atoms with Crippen molar-refractivity contribution in [2.75, 3.05) is 13.1 Å². The van der Waals surface area contributed by atoms with Gasteiger partial charge in [-0.15, -0.1) is 0 Å². The third-order valence-electron chi connectivity index (χ3n) is 5.86. The third-order valence-corrected chi connectivity index (χ3v) is 5.86. The topological polar surface area (TPSA) is 47.1 Å². The Balaban J connectivity index is 1.44. The van der Waals surface area contributed by atoms with Crippen LogP contribution in [0.4, 0.5) is 0 Å². The number of piperidine rings is 1. The van der Waals surface area contributed by atoms with E-state index in [9.17, 15) is 0 Å². The Kier molecular flexibility index (Phi) is 4.44. The van der Waals surface area contributed by atoms with Crippen LogP contribution in [0.2, 0.25) is 0 Å². The highest BCUT2D eigenvalue weighted by Crippen LogP contribution is 2.31. The maximum Gasteiger partial charge on any atom is 0.138 e. The van der Waals surface area contributed by atoms with Gasteiger partial charge in [0.05, 0.1) is 5.69 Å². The van der Waals surface area contributed by atoms with E-state index in [1.165, 1.54) is 43.5 Å². The van der Waals surface area contributed by atoms with E-state index in [1.54, 1.807) is 0 Å². The molecule has 2 aromatic rings. The molecule has 0 bridgehead atoms. The zero-order valence-corrected chi connectivity index (χ0v) is 14.9. The fourth-order valence-electron chi connectivity index (χ4n) is 4.15. The van der Waals surface area contributed by atoms with Gasteiger partial charge in [-0.25, -0.2) is 4.98 Å². The number of hydrogen-bond donors (Lipinski definition) is 0. The molecule has 2 aliphatic rings. The molecule has 4 rings (SSSR count). The van der Waals surface area contributed by atoms with Gasteiger partial charge in [0.2, 0.25) is 0 Å². The van der Waals surface area contributed by atoms with Gasteiger partial charge in [0.1, 0.15) is 11.6 Å². The Morgan fingerprint density at radius 1 is 1.21 bits per heavy atom. The first-order chi connectivity index (χ1) is 11.7. The minimum atomic E-state index is 0.550. The highest BCUT2D eigenvalue weighted by Gasteiger charge is 2.27. The summed E-state index contributed by atoms with van der Waals surface area (Å²) in [5.41, 5.74) is 2.29. The summed E-state index contributed by atoms with van der Waals surface area (Å²) in [4.78, 5) is 7.27. The number of aryl methyl sites for hydroxylation is 2. The predicted molar refractivity (Wildman–Crippen MR) is 92.8 cm³/mol. The molecule has 5 heteroatoms. The van der Waals surface area contributed by atoms with Crippen molar-refractivity contribution in [3.8, 4) is 0 Å². The number of rotatable bonds is 5. The second-order valence-electron chi connectivity index (χ2n) is 7.61. The first-order valence-electron chi connectivity index (χ1n) is 9.36. The van der Waals surface area contributed by atoms with Crippen molar-refractivity contribution in [3.63, 3.8) is 0 Å². The van der Waals surface area contributed by atoms with Gasteiger partial charge in [0, 0.05) is 43.5 Å². The van der Waals surface area contributed by atoms with Gasteiger partial charge in [0.25, 0.3) is 0 Å². The minimum absolute atomic E-state index is 0.550. The molecule has 1 atom stereocenters. The van der Waals surface area contributed by atoms with Crippen LogP contribution in [0, 0.1) is 19.8 Å². The van der Waals surface area contributed by atoms with Gasteiger partial charge >= 0.3 is 0 Å². The van der Waals surface area contributed by atoms with Gasteiger partial charge in [-0.05, 0) is 52.0 Å². The number of likely N-dealkylation sites (tertiary alicyclic amines) is 1. The fraction of sp³-hybridized carbons (Fsp3) is 0.684. The number of nitrogens with zero attached hydrogens (tertiary/aromatic N) is 4. The first-order valence-corrected chi connectivity index (χ1v) is 9.36. The summed E-state index contributed by atoms with van der Waals surface area (Å²) >= 11 is 0. The molecule has 0 spiro atoms. The Hall–Kier alpha value is -1.62. The second kappa shape index (κ2) is 6.71. The molecule has 0 radical (unpaired) electrons. The monoisotopic (exact) mass is 328 g/mol. The summed E-state index contributed by atoms with van der Waals surface area (Å²) in [6.07, 6.45) is 10.8. The molecule has 0 N–H and O–H groups in total. The van der Waals surface area contributed by atoms with Gasteiger partial charge < -0.3 is 9.09 Å². The molecule has 1 saturated carbocycles. The van der Waals surface area contributed by atoms with Crippen LogP contribution in [-0.4, -0.2) is 32.7 Å². The summed E-state index contributed by atoms with van der Waals surface area (Å²) in [6, 6.07) is 0. The lowest BCUT2D eigenvalue weighted by molar-refractivity contribution is 0.190. The van der Waals surface area contributed by atoms with E-state index in [0.717, 1.165) is 43.6 Å². The van der Waals surface area contributed by atoms with Crippen LogP contribution in [0.15, 0.2) is 16.9 Å². The van der Waals surface area contributed by atoms with E-state index in [1.807, 2.05) is 20.0 Å². The molecule has 0 unspecified atom stereocenters. The Labute approximate surface area is 144 Å². The lowest BCUT2D eigenvalue weighted by atomic mass is 9.85. The van der Waals surface area contributed by atoms with Gasteiger partial charge in [-0.1, -0.05) is 11.6 Å². The van der Waals surface area contributed by atoms with Crippen molar-refractivity contribution in [3.05, 3.63) is 35.2 Å². The molecular formula is C19H28N4O. The molecule has 0 amide bonds. The van der Waals surface area contributed by atoms with Crippen LogP contribution in [-0.2, 0) is 13.1 Å². The second-order valence-corrected chi connectivity index (χ2v) is 7.61. The molecule has 5 nitrogen and oxygen atoms in total. The maximum atomic E-state index is 5.32. The van der Waals surface area contributed by atoms with E-state index in [4.69, 9.17) is 9.51 Å². The van der Waals surface area contributed by atoms with Crippen LogP contribution >= 0.6 is 0 Å². The SMILES string of the molecule is Cc1noc(C)c1CN1CCC[C@H](c2nccn2CC2CCC2)C1. The Morgan fingerprint density at radius 3 is 2.79 bits per heavy atom. The maximum absolute atomic E-state index is 5.32. The molecule has 2 aromatic heterocycles. The zero-order chi connectivity index (χ0) is 16.5. The number of hydrogen-bond acceptors (Lipinski definition) is 4. The number of imidazole rings is 1. The molecule has 130 valence electrons. The van der Waals surface area contributed by atoms with Crippen LogP contribution in [0.25, 0.3) is 0 Å². The fourth-order valence-corrected chi connectivity index (χ4v) is 4.15. The molecule has 0 aromatic carbocycles. The highest BCUT2D eigenvalue weighted by molar-refractivity contribution is 5.20. The van der Waals surface area contributed by atoms with E-state index >= 15 is 0 Å². The standard InChI is InChI=1S/C19H28N4O/c1-14-18(15(2)24-21-14)13-22-9-4-7-17(12-22)19-20-8-10-23(19)11-16-5-3-6-16/h8,10,16-17H,3-7,9,11-13H2,1-2H3/t17-/m0/s1. The molecule has 1 saturated heterocycles. The van der Waals surface area contributed by atoms with Crippen molar-refractivity contribution in [2.24, 2.45) is 5.92 Å². The molecule has 3 heterocycles. The van der Waals surface area contributed by atoms with E-state index in [0.29, 0.717) is 5.92 Å². The Bertz CT molecular complexity index is 666. The quantitative estimate of drug-likeness (QED) is 0.840. The summed E-state index contributed by atoms with van der Waals surface area (Å²) in [6.45, 7) is 8.41. The molecule has 1 aliphatic heterocycles. The van der Waals surface area contributed by atoms with Crippen LogP contribution in [0.1, 0.15) is 60.9 Å². The van der Waals surface area contributed by atoms with Crippen molar-refractivity contribution >= 4 is 0 Å².